The molecule has 2 atom stereocenters. The summed E-state index contributed by atoms with van der Waals surface area (Å²) in [5.41, 5.74) is 1.31. The van der Waals surface area contributed by atoms with Gasteiger partial charge in [0.05, 0.1) is 12.0 Å². The second-order valence-corrected chi connectivity index (χ2v) is 8.38. The van der Waals surface area contributed by atoms with Crippen LogP contribution in [0.2, 0.25) is 0 Å². The molecule has 1 aromatic heterocycles. The van der Waals surface area contributed by atoms with Crippen molar-refractivity contribution < 1.29 is 26.7 Å². The van der Waals surface area contributed by atoms with Gasteiger partial charge in [0.15, 0.2) is 5.58 Å². The SMILES string of the molecule is COc1ccc(S(=O)(=O)N2CC(F)C(OCc3nc4ccccc4o3)C2)cc1. The molecule has 9 heteroatoms. The lowest BCUT2D eigenvalue weighted by atomic mass is 10.3. The Morgan fingerprint density at radius 3 is 2.64 bits per heavy atom. The minimum atomic E-state index is -3.81. The number of aromatic nitrogens is 1. The Morgan fingerprint density at radius 2 is 1.93 bits per heavy atom. The predicted octanol–water partition coefficient (Wildman–Crippen LogP) is 2.76. The van der Waals surface area contributed by atoms with E-state index in [-0.39, 0.29) is 24.6 Å². The highest BCUT2D eigenvalue weighted by Crippen LogP contribution is 2.26. The number of rotatable bonds is 6. The summed E-state index contributed by atoms with van der Waals surface area (Å²) in [5, 5.41) is 0. The topological polar surface area (TPSA) is 81.9 Å². The molecular weight excluding hydrogens is 387 g/mol. The lowest BCUT2D eigenvalue weighted by molar-refractivity contribution is 0.00381. The van der Waals surface area contributed by atoms with Crippen molar-refractivity contribution in [3.05, 3.63) is 54.4 Å². The third kappa shape index (κ3) is 3.60. The zero-order chi connectivity index (χ0) is 19.7. The van der Waals surface area contributed by atoms with Crippen LogP contribution in [0.25, 0.3) is 11.1 Å². The fourth-order valence-electron chi connectivity index (χ4n) is 3.11. The molecule has 0 saturated carbocycles. The van der Waals surface area contributed by atoms with Crippen LogP contribution in [0.3, 0.4) is 0 Å². The van der Waals surface area contributed by atoms with Crippen LogP contribution in [0.1, 0.15) is 5.89 Å². The largest absolute Gasteiger partial charge is 0.497 e. The lowest BCUT2D eigenvalue weighted by Gasteiger charge is -2.16. The number of sulfonamides is 1. The second kappa shape index (κ2) is 7.50. The predicted molar refractivity (Wildman–Crippen MR) is 99.2 cm³/mol. The minimum absolute atomic E-state index is 0.0316. The van der Waals surface area contributed by atoms with Crippen molar-refractivity contribution in [3.8, 4) is 5.75 Å². The Hall–Kier alpha value is -2.49. The first-order valence-electron chi connectivity index (χ1n) is 8.72. The second-order valence-electron chi connectivity index (χ2n) is 6.44. The van der Waals surface area contributed by atoms with E-state index in [1.165, 1.54) is 19.2 Å². The molecule has 2 unspecified atom stereocenters. The number of methoxy groups -OCH3 is 1. The Bertz CT molecular complexity index is 1030. The molecular formula is C19H19FN2O5S. The van der Waals surface area contributed by atoms with Crippen LogP contribution in [0.4, 0.5) is 4.39 Å². The average Bonchev–Trinajstić information content (AvgIpc) is 3.29. The van der Waals surface area contributed by atoms with Gasteiger partial charge in [-0.3, -0.25) is 0 Å². The zero-order valence-corrected chi connectivity index (χ0v) is 15.9. The van der Waals surface area contributed by atoms with Crippen molar-refractivity contribution in [1.82, 2.24) is 9.29 Å². The number of hydrogen-bond acceptors (Lipinski definition) is 6. The first-order valence-corrected chi connectivity index (χ1v) is 10.2. The number of hydrogen-bond donors (Lipinski definition) is 0. The molecule has 0 amide bonds. The Labute approximate surface area is 161 Å². The first kappa shape index (κ1) is 18.9. The van der Waals surface area contributed by atoms with Gasteiger partial charge in [-0.2, -0.15) is 4.31 Å². The van der Waals surface area contributed by atoms with Gasteiger partial charge in [0, 0.05) is 13.1 Å². The van der Waals surface area contributed by atoms with Gasteiger partial charge in [-0.15, -0.1) is 0 Å². The highest BCUT2D eigenvalue weighted by molar-refractivity contribution is 7.89. The molecule has 4 rings (SSSR count). The molecule has 0 spiro atoms. The molecule has 2 heterocycles. The Morgan fingerprint density at radius 1 is 1.18 bits per heavy atom. The van der Waals surface area contributed by atoms with E-state index in [2.05, 4.69) is 4.98 Å². The van der Waals surface area contributed by atoms with Crippen molar-refractivity contribution in [2.24, 2.45) is 0 Å². The maximum Gasteiger partial charge on any atom is 0.243 e. The highest BCUT2D eigenvalue weighted by Gasteiger charge is 2.40. The number of benzene rings is 2. The van der Waals surface area contributed by atoms with Crippen LogP contribution in [0.5, 0.6) is 5.75 Å². The van der Waals surface area contributed by atoms with Gasteiger partial charge in [-0.05, 0) is 36.4 Å². The summed E-state index contributed by atoms with van der Waals surface area (Å²) in [6.07, 6.45) is -2.32. The average molecular weight is 406 g/mol. The van der Waals surface area contributed by atoms with E-state index < -0.39 is 22.3 Å². The maximum absolute atomic E-state index is 14.4. The smallest absolute Gasteiger partial charge is 0.243 e. The molecule has 1 aliphatic rings. The normalized spacial score (nSPS) is 20.6. The van der Waals surface area contributed by atoms with Gasteiger partial charge < -0.3 is 13.9 Å². The molecule has 0 bridgehead atoms. The number of para-hydroxylation sites is 2. The van der Waals surface area contributed by atoms with E-state index in [0.29, 0.717) is 22.7 Å². The van der Waals surface area contributed by atoms with Crippen molar-refractivity contribution in [1.29, 1.82) is 0 Å². The third-order valence-electron chi connectivity index (χ3n) is 4.62. The van der Waals surface area contributed by atoms with Gasteiger partial charge in [-0.1, -0.05) is 12.1 Å². The fourth-order valence-corrected chi connectivity index (χ4v) is 4.57. The summed E-state index contributed by atoms with van der Waals surface area (Å²) in [4.78, 5) is 4.36. The molecule has 148 valence electrons. The van der Waals surface area contributed by atoms with Crippen LogP contribution in [-0.2, 0) is 21.4 Å². The fraction of sp³-hybridized carbons (Fsp3) is 0.316. The highest BCUT2D eigenvalue weighted by atomic mass is 32.2. The molecule has 0 aliphatic carbocycles. The number of alkyl halides is 1. The summed E-state index contributed by atoms with van der Waals surface area (Å²) in [7, 11) is -2.32. The number of fused-ring (bicyclic) bond motifs is 1. The van der Waals surface area contributed by atoms with Gasteiger partial charge in [0.1, 0.15) is 30.1 Å². The van der Waals surface area contributed by atoms with E-state index in [1.807, 2.05) is 12.1 Å². The maximum atomic E-state index is 14.4. The minimum Gasteiger partial charge on any atom is -0.497 e. The molecule has 1 saturated heterocycles. The van der Waals surface area contributed by atoms with Crippen molar-refractivity contribution in [2.75, 3.05) is 20.2 Å². The summed E-state index contributed by atoms with van der Waals surface area (Å²) in [6, 6.07) is 13.2. The van der Waals surface area contributed by atoms with Crippen molar-refractivity contribution in [2.45, 2.75) is 23.8 Å². The van der Waals surface area contributed by atoms with Gasteiger partial charge in [0.25, 0.3) is 0 Å². The molecule has 1 fully saturated rings. The van der Waals surface area contributed by atoms with Crippen LogP contribution in [-0.4, -0.2) is 50.2 Å². The Balaban J connectivity index is 1.43. The van der Waals surface area contributed by atoms with E-state index in [1.54, 1.807) is 24.3 Å². The van der Waals surface area contributed by atoms with Gasteiger partial charge >= 0.3 is 0 Å². The van der Waals surface area contributed by atoms with Gasteiger partial charge in [0.2, 0.25) is 15.9 Å². The first-order chi connectivity index (χ1) is 13.5. The van der Waals surface area contributed by atoms with Crippen LogP contribution >= 0.6 is 0 Å². The van der Waals surface area contributed by atoms with Crippen LogP contribution in [0, 0.1) is 0 Å². The molecule has 28 heavy (non-hydrogen) atoms. The molecule has 0 N–H and O–H groups in total. The molecule has 1 aliphatic heterocycles. The van der Waals surface area contributed by atoms with Crippen molar-refractivity contribution >= 4 is 21.1 Å². The monoisotopic (exact) mass is 406 g/mol. The summed E-state index contributed by atoms with van der Waals surface area (Å²) < 4.78 is 57.2. The molecule has 3 aromatic rings. The van der Waals surface area contributed by atoms with E-state index in [0.717, 1.165) is 4.31 Å². The molecule has 2 aromatic carbocycles. The van der Waals surface area contributed by atoms with Crippen LogP contribution < -0.4 is 4.74 Å². The van der Waals surface area contributed by atoms with E-state index in [4.69, 9.17) is 13.9 Å². The number of oxazole rings is 1. The van der Waals surface area contributed by atoms with Crippen LogP contribution in [0.15, 0.2) is 57.8 Å². The quantitative estimate of drug-likeness (QED) is 0.626. The van der Waals surface area contributed by atoms with Gasteiger partial charge in [-0.25, -0.2) is 17.8 Å². The van der Waals surface area contributed by atoms with Crippen molar-refractivity contribution in [3.63, 3.8) is 0 Å². The number of nitrogens with zero attached hydrogens (tertiary/aromatic N) is 2. The zero-order valence-electron chi connectivity index (χ0n) is 15.1. The summed E-state index contributed by atoms with van der Waals surface area (Å²) in [6.45, 7) is -0.363. The number of ether oxygens (including phenoxy) is 2. The third-order valence-corrected chi connectivity index (χ3v) is 6.47. The van der Waals surface area contributed by atoms with E-state index in [9.17, 15) is 12.8 Å². The lowest BCUT2D eigenvalue weighted by Crippen LogP contribution is -2.30. The Kier molecular flexibility index (Phi) is 5.05. The molecule has 0 radical (unpaired) electrons. The standard InChI is InChI=1S/C19H19FN2O5S/c1-25-13-6-8-14(9-7-13)28(23,24)22-10-15(20)18(11-22)26-12-19-21-16-4-2-3-5-17(16)27-19/h2-9,15,18H,10-12H2,1H3. The summed E-state index contributed by atoms with van der Waals surface area (Å²) >= 11 is 0. The van der Waals surface area contributed by atoms with E-state index >= 15 is 0 Å². The summed E-state index contributed by atoms with van der Waals surface area (Å²) in [5.74, 6) is 0.869. The molecule has 7 nitrogen and oxygen atoms in total. The number of halogens is 1.